The maximum absolute atomic E-state index is 5.99. The minimum absolute atomic E-state index is 0.366. The van der Waals surface area contributed by atoms with E-state index in [0.717, 1.165) is 12.5 Å². The predicted octanol–water partition coefficient (Wildman–Crippen LogP) is 0.751. The molecule has 2 N–H and O–H groups in total. The Bertz CT molecular complexity index is 211. The van der Waals surface area contributed by atoms with Crippen LogP contribution < -0.4 is 5.73 Å². The van der Waals surface area contributed by atoms with Gasteiger partial charge >= 0.3 is 0 Å². The highest BCUT2D eigenvalue weighted by Gasteiger charge is 2.45. The second-order valence-electron chi connectivity index (χ2n) is 5.59. The summed E-state index contributed by atoms with van der Waals surface area (Å²) in [7, 11) is 2.22. The molecular formula is C12H25N3. The van der Waals surface area contributed by atoms with Crippen LogP contribution in [0.25, 0.3) is 0 Å². The summed E-state index contributed by atoms with van der Waals surface area (Å²) in [6, 6.07) is 0. The van der Waals surface area contributed by atoms with E-state index in [0.29, 0.717) is 5.54 Å². The monoisotopic (exact) mass is 211 g/mol. The molecule has 0 aromatic heterocycles. The zero-order valence-corrected chi connectivity index (χ0v) is 10.2. The van der Waals surface area contributed by atoms with Gasteiger partial charge in [-0.3, -0.25) is 4.90 Å². The first-order valence-corrected chi connectivity index (χ1v) is 6.30. The standard InChI is InChI=1S/C12H25N3/c1-11-8-12(9-11,10-13)15-5-3-4-14(2)6-7-15/h11H,3-10,13H2,1-2H3. The lowest BCUT2D eigenvalue weighted by Crippen LogP contribution is -2.61. The van der Waals surface area contributed by atoms with Crippen molar-refractivity contribution in [2.24, 2.45) is 11.7 Å². The van der Waals surface area contributed by atoms with Crippen LogP contribution in [0.3, 0.4) is 0 Å². The van der Waals surface area contributed by atoms with Gasteiger partial charge in [0.1, 0.15) is 0 Å². The van der Waals surface area contributed by atoms with Gasteiger partial charge in [0.05, 0.1) is 0 Å². The van der Waals surface area contributed by atoms with E-state index in [-0.39, 0.29) is 0 Å². The van der Waals surface area contributed by atoms with Crippen molar-refractivity contribution in [3.05, 3.63) is 0 Å². The average molecular weight is 211 g/mol. The largest absolute Gasteiger partial charge is 0.329 e. The van der Waals surface area contributed by atoms with Gasteiger partial charge in [0, 0.05) is 31.7 Å². The fraction of sp³-hybridized carbons (Fsp3) is 1.00. The Labute approximate surface area is 93.6 Å². The van der Waals surface area contributed by atoms with Gasteiger partial charge < -0.3 is 10.6 Å². The molecule has 1 heterocycles. The molecule has 15 heavy (non-hydrogen) atoms. The highest BCUT2D eigenvalue weighted by Crippen LogP contribution is 2.41. The molecule has 88 valence electrons. The summed E-state index contributed by atoms with van der Waals surface area (Å²) < 4.78 is 0. The van der Waals surface area contributed by atoms with Gasteiger partial charge in [-0.2, -0.15) is 0 Å². The molecule has 1 aliphatic heterocycles. The molecule has 0 atom stereocenters. The lowest BCUT2D eigenvalue weighted by atomic mass is 9.68. The number of hydrogen-bond acceptors (Lipinski definition) is 3. The van der Waals surface area contributed by atoms with Crippen LogP contribution in [0.1, 0.15) is 26.2 Å². The maximum atomic E-state index is 5.99. The van der Waals surface area contributed by atoms with E-state index in [2.05, 4.69) is 23.8 Å². The Kier molecular flexibility index (Phi) is 3.33. The van der Waals surface area contributed by atoms with Crippen LogP contribution in [0.4, 0.5) is 0 Å². The van der Waals surface area contributed by atoms with Crippen LogP contribution in [-0.4, -0.2) is 55.1 Å². The Morgan fingerprint density at radius 3 is 2.53 bits per heavy atom. The van der Waals surface area contributed by atoms with Crippen LogP contribution in [0.5, 0.6) is 0 Å². The average Bonchev–Trinajstić information content (AvgIpc) is 2.38. The van der Waals surface area contributed by atoms with Gasteiger partial charge in [0.25, 0.3) is 0 Å². The summed E-state index contributed by atoms with van der Waals surface area (Å²) in [5.41, 5.74) is 6.36. The van der Waals surface area contributed by atoms with E-state index in [4.69, 9.17) is 5.73 Å². The van der Waals surface area contributed by atoms with Crippen molar-refractivity contribution in [2.75, 3.05) is 39.8 Å². The van der Waals surface area contributed by atoms with Gasteiger partial charge in [0.15, 0.2) is 0 Å². The molecule has 2 rings (SSSR count). The van der Waals surface area contributed by atoms with Crippen LogP contribution >= 0.6 is 0 Å². The molecule has 0 aromatic rings. The third-order valence-corrected chi connectivity index (χ3v) is 4.23. The molecular weight excluding hydrogens is 186 g/mol. The number of nitrogens with zero attached hydrogens (tertiary/aromatic N) is 2. The molecule has 2 fully saturated rings. The van der Waals surface area contributed by atoms with Crippen molar-refractivity contribution in [3.8, 4) is 0 Å². The molecule has 2 aliphatic rings. The molecule has 0 unspecified atom stereocenters. The van der Waals surface area contributed by atoms with Gasteiger partial charge in [-0.05, 0) is 38.8 Å². The zero-order valence-electron chi connectivity index (χ0n) is 10.2. The normalized spacial score (nSPS) is 39.8. The Morgan fingerprint density at radius 2 is 1.93 bits per heavy atom. The minimum atomic E-state index is 0.366. The van der Waals surface area contributed by atoms with E-state index in [1.165, 1.54) is 45.4 Å². The van der Waals surface area contributed by atoms with Crippen LogP contribution in [0.2, 0.25) is 0 Å². The smallest absolute Gasteiger partial charge is 0.0337 e. The summed E-state index contributed by atoms with van der Waals surface area (Å²) in [4.78, 5) is 5.10. The fourth-order valence-electron chi connectivity index (χ4n) is 3.31. The maximum Gasteiger partial charge on any atom is 0.0337 e. The quantitative estimate of drug-likeness (QED) is 0.731. The van der Waals surface area contributed by atoms with E-state index >= 15 is 0 Å². The first-order valence-electron chi connectivity index (χ1n) is 6.30. The molecule has 3 nitrogen and oxygen atoms in total. The summed E-state index contributed by atoms with van der Waals surface area (Å²) >= 11 is 0. The summed E-state index contributed by atoms with van der Waals surface area (Å²) in [5, 5.41) is 0. The predicted molar refractivity (Wildman–Crippen MR) is 63.9 cm³/mol. The Balaban J connectivity index is 1.96. The highest BCUT2D eigenvalue weighted by atomic mass is 15.3. The van der Waals surface area contributed by atoms with Crippen LogP contribution in [-0.2, 0) is 0 Å². The van der Waals surface area contributed by atoms with Crippen molar-refractivity contribution in [1.29, 1.82) is 0 Å². The number of nitrogens with two attached hydrogens (primary N) is 1. The van der Waals surface area contributed by atoms with E-state index in [1.54, 1.807) is 0 Å². The number of hydrogen-bond donors (Lipinski definition) is 1. The van der Waals surface area contributed by atoms with E-state index in [1.807, 2.05) is 0 Å². The van der Waals surface area contributed by atoms with E-state index < -0.39 is 0 Å². The molecule has 0 spiro atoms. The molecule has 0 radical (unpaired) electrons. The van der Waals surface area contributed by atoms with Crippen LogP contribution in [0, 0.1) is 5.92 Å². The van der Waals surface area contributed by atoms with Crippen molar-refractivity contribution in [3.63, 3.8) is 0 Å². The Hall–Kier alpha value is -0.120. The lowest BCUT2D eigenvalue weighted by molar-refractivity contribution is -0.00963. The fourth-order valence-corrected chi connectivity index (χ4v) is 3.31. The third-order valence-electron chi connectivity index (χ3n) is 4.23. The molecule has 3 heteroatoms. The Morgan fingerprint density at radius 1 is 1.20 bits per heavy atom. The van der Waals surface area contributed by atoms with Gasteiger partial charge in [0.2, 0.25) is 0 Å². The highest BCUT2D eigenvalue weighted by molar-refractivity contribution is 5.02. The van der Waals surface area contributed by atoms with Gasteiger partial charge in [-0.15, -0.1) is 0 Å². The van der Waals surface area contributed by atoms with E-state index in [9.17, 15) is 0 Å². The lowest BCUT2D eigenvalue weighted by Gasteiger charge is -2.53. The third kappa shape index (κ3) is 2.19. The number of likely N-dealkylation sites (N-methyl/N-ethyl adjacent to an activating group) is 1. The SMILES string of the molecule is CC1CC(CN)(N2CCCN(C)CC2)C1. The molecule has 1 aliphatic carbocycles. The summed E-state index contributed by atoms with van der Waals surface area (Å²) in [5.74, 6) is 0.884. The summed E-state index contributed by atoms with van der Waals surface area (Å²) in [6.07, 6.45) is 3.92. The molecule has 1 saturated heterocycles. The second-order valence-corrected chi connectivity index (χ2v) is 5.59. The van der Waals surface area contributed by atoms with Crippen molar-refractivity contribution < 1.29 is 0 Å². The molecule has 0 aromatic carbocycles. The number of rotatable bonds is 2. The summed E-state index contributed by atoms with van der Waals surface area (Å²) in [6.45, 7) is 8.09. The molecule has 0 bridgehead atoms. The van der Waals surface area contributed by atoms with Crippen molar-refractivity contribution in [2.45, 2.75) is 31.7 Å². The molecule has 1 saturated carbocycles. The van der Waals surface area contributed by atoms with Crippen molar-refractivity contribution >= 4 is 0 Å². The van der Waals surface area contributed by atoms with Gasteiger partial charge in [-0.1, -0.05) is 6.92 Å². The first kappa shape index (κ1) is 11.4. The van der Waals surface area contributed by atoms with Crippen LogP contribution in [0.15, 0.2) is 0 Å². The first-order chi connectivity index (χ1) is 7.16. The topological polar surface area (TPSA) is 32.5 Å². The molecule has 0 amide bonds. The van der Waals surface area contributed by atoms with Crippen molar-refractivity contribution in [1.82, 2.24) is 9.80 Å². The van der Waals surface area contributed by atoms with Gasteiger partial charge in [-0.25, -0.2) is 0 Å². The second kappa shape index (κ2) is 4.40. The zero-order chi connectivity index (χ0) is 10.9. The minimum Gasteiger partial charge on any atom is -0.329 e.